The van der Waals surface area contributed by atoms with Crippen LogP contribution in [-0.4, -0.2) is 47.2 Å². The molecule has 1 amide bonds. The Morgan fingerprint density at radius 3 is 2.92 bits per heavy atom. The summed E-state index contributed by atoms with van der Waals surface area (Å²) < 4.78 is 5.11. The highest BCUT2D eigenvalue weighted by atomic mass is 16.5. The number of carboxylic acid groups (broad SMARTS) is 1. The first-order valence-corrected chi connectivity index (χ1v) is 3.83. The van der Waals surface area contributed by atoms with Crippen molar-refractivity contribution in [2.24, 2.45) is 0 Å². The van der Waals surface area contributed by atoms with E-state index in [1.807, 2.05) is 0 Å². The van der Waals surface area contributed by atoms with Crippen LogP contribution < -0.4 is 0 Å². The number of amides is 1. The molecule has 1 N–H and O–H groups in total. The number of nitrogens with zero attached hydrogens (tertiary/aromatic N) is 1. The highest BCUT2D eigenvalue weighted by Crippen LogP contribution is 2.28. The fourth-order valence-electron chi connectivity index (χ4n) is 1.58. The number of carboxylic acids is 1. The normalized spacial score (nSPS) is 33.0. The van der Waals surface area contributed by atoms with Gasteiger partial charge in [-0.1, -0.05) is 0 Å². The number of carbonyl (C=O) groups is 2. The number of aliphatic carboxylic acids is 1. The van der Waals surface area contributed by atoms with E-state index in [9.17, 15) is 9.59 Å². The van der Waals surface area contributed by atoms with Crippen molar-refractivity contribution in [1.82, 2.24) is 4.90 Å². The minimum atomic E-state index is -0.968. The van der Waals surface area contributed by atoms with E-state index in [4.69, 9.17) is 9.84 Å². The lowest BCUT2D eigenvalue weighted by molar-refractivity contribution is -0.199. The smallest absolute Gasteiger partial charge is 0.323 e. The molecular weight excluding hydrogens is 162 g/mol. The van der Waals surface area contributed by atoms with Gasteiger partial charge in [-0.2, -0.15) is 0 Å². The molecule has 0 aromatic heterocycles. The van der Waals surface area contributed by atoms with E-state index in [0.29, 0.717) is 6.54 Å². The second kappa shape index (κ2) is 2.45. The summed E-state index contributed by atoms with van der Waals surface area (Å²) in [5.74, 6) is -1.15. The van der Waals surface area contributed by atoms with Gasteiger partial charge in [-0.05, 0) is 0 Å². The van der Waals surface area contributed by atoms with Gasteiger partial charge < -0.3 is 14.7 Å². The van der Waals surface area contributed by atoms with Crippen molar-refractivity contribution >= 4 is 11.9 Å². The molecule has 3 saturated heterocycles. The first-order chi connectivity index (χ1) is 5.66. The van der Waals surface area contributed by atoms with Crippen LogP contribution in [0.2, 0.25) is 0 Å². The molecule has 3 heterocycles. The molecule has 2 bridgehead atoms. The van der Waals surface area contributed by atoms with E-state index in [1.54, 1.807) is 0 Å². The quantitative estimate of drug-likeness (QED) is 0.583. The molecule has 3 aliphatic rings. The van der Waals surface area contributed by atoms with Crippen LogP contribution in [0.3, 0.4) is 0 Å². The highest BCUT2D eigenvalue weighted by Gasteiger charge is 2.45. The van der Waals surface area contributed by atoms with Gasteiger partial charge in [0.2, 0.25) is 0 Å². The Balaban J connectivity index is 1.98. The molecule has 5 nitrogen and oxygen atoms in total. The predicted molar refractivity (Wildman–Crippen MR) is 37.5 cm³/mol. The Kier molecular flexibility index (Phi) is 1.54. The third kappa shape index (κ3) is 1.06. The lowest BCUT2D eigenvalue weighted by atomic mass is 9.98. The van der Waals surface area contributed by atoms with E-state index in [-0.39, 0.29) is 24.7 Å². The average molecular weight is 171 g/mol. The Morgan fingerprint density at radius 1 is 1.75 bits per heavy atom. The van der Waals surface area contributed by atoms with Crippen LogP contribution in [0.15, 0.2) is 0 Å². The van der Waals surface area contributed by atoms with Crippen molar-refractivity contribution in [3.05, 3.63) is 0 Å². The third-order valence-corrected chi connectivity index (χ3v) is 2.17. The van der Waals surface area contributed by atoms with Crippen molar-refractivity contribution in [3.63, 3.8) is 0 Å². The van der Waals surface area contributed by atoms with Crippen LogP contribution in [0.25, 0.3) is 0 Å². The van der Waals surface area contributed by atoms with Gasteiger partial charge in [0.1, 0.15) is 12.6 Å². The van der Waals surface area contributed by atoms with E-state index in [2.05, 4.69) is 0 Å². The maximum Gasteiger partial charge on any atom is 0.323 e. The third-order valence-electron chi connectivity index (χ3n) is 2.17. The van der Waals surface area contributed by atoms with Crippen LogP contribution in [0, 0.1) is 0 Å². The monoisotopic (exact) mass is 171 g/mol. The highest BCUT2D eigenvalue weighted by molar-refractivity contribution is 5.86. The molecule has 66 valence electrons. The van der Waals surface area contributed by atoms with Gasteiger partial charge in [-0.15, -0.1) is 0 Å². The fourth-order valence-corrected chi connectivity index (χ4v) is 1.58. The number of hydrogen-bond acceptors (Lipinski definition) is 3. The minimum Gasteiger partial charge on any atom is -0.480 e. The van der Waals surface area contributed by atoms with Crippen molar-refractivity contribution in [2.45, 2.75) is 18.6 Å². The topological polar surface area (TPSA) is 66.8 Å². The standard InChI is InChI=1S/C7H9NO4/c9-6(10)3-8-2-4-1-5(12-4)7(8)11/h4-5H,1-3H2,(H,9,10). The SMILES string of the molecule is O=C(O)CN1CC2CC(O2)C1=O. The molecule has 0 radical (unpaired) electrons. The van der Waals surface area contributed by atoms with Crippen LogP contribution in [0.1, 0.15) is 6.42 Å². The van der Waals surface area contributed by atoms with Crippen LogP contribution in [-0.2, 0) is 14.3 Å². The van der Waals surface area contributed by atoms with Gasteiger partial charge in [-0.25, -0.2) is 0 Å². The van der Waals surface area contributed by atoms with E-state index < -0.39 is 5.97 Å². The van der Waals surface area contributed by atoms with E-state index in [0.717, 1.165) is 6.42 Å². The fraction of sp³-hybridized carbons (Fsp3) is 0.714. The van der Waals surface area contributed by atoms with Crippen molar-refractivity contribution in [3.8, 4) is 0 Å². The van der Waals surface area contributed by atoms with Crippen molar-refractivity contribution < 1.29 is 19.4 Å². The molecule has 5 heteroatoms. The lowest BCUT2D eigenvalue weighted by Gasteiger charge is -2.45. The summed E-state index contributed by atoms with van der Waals surface area (Å²) in [6.07, 6.45) is 0.477. The van der Waals surface area contributed by atoms with Gasteiger partial charge in [0.25, 0.3) is 5.91 Å². The lowest BCUT2D eigenvalue weighted by Crippen LogP contribution is -2.61. The number of morpholine rings is 1. The second-order valence-corrected chi connectivity index (χ2v) is 3.09. The predicted octanol–water partition coefficient (Wildman–Crippen LogP) is -0.929. The molecule has 0 spiro atoms. The van der Waals surface area contributed by atoms with Gasteiger partial charge in [0.05, 0.1) is 6.10 Å². The van der Waals surface area contributed by atoms with E-state index in [1.165, 1.54) is 4.90 Å². The van der Waals surface area contributed by atoms with Gasteiger partial charge in [0, 0.05) is 13.0 Å². The van der Waals surface area contributed by atoms with Crippen LogP contribution in [0.5, 0.6) is 0 Å². The summed E-state index contributed by atoms with van der Waals surface area (Å²) in [5.41, 5.74) is 0. The molecule has 0 saturated carbocycles. The number of fused-ring (bicyclic) bond motifs is 2. The summed E-state index contributed by atoms with van der Waals surface area (Å²) >= 11 is 0. The second-order valence-electron chi connectivity index (χ2n) is 3.09. The minimum absolute atomic E-state index is 0.0760. The summed E-state index contributed by atoms with van der Waals surface area (Å²) in [6.45, 7) is 0.233. The molecule has 0 aromatic carbocycles. The maximum atomic E-state index is 11.2. The Labute approximate surface area is 68.9 Å². The van der Waals surface area contributed by atoms with Gasteiger partial charge in [0.15, 0.2) is 0 Å². The molecule has 12 heavy (non-hydrogen) atoms. The molecule has 2 unspecified atom stereocenters. The Bertz CT molecular complexity index is 234. The Morgan fingerprint density at radius 2 is 2.42 bits per heavy atom. The molecule has 0 aromatic rings. The Hall–Kier alpha value is -1.10. The van der Waals surface area contributed by atoms with E-state index >= 15 is 0 Å². The zero-order valence-electron chi connectivity index (χ0n) is 6.40. The zero-order valence-corrected chi connectivity index (χ0v) is 6.40. The molecule has 3 rings (SSSR count). The first kappa shape index (κ1) is 7.54. The summed E-state index contributed by atoms with van der Waals surface area (Å²) in [6, 6.07) is 0. The largest absolute Gasteiger partial charge is 0.480 e. The summed E-state index contributed by atoms with van der Waals surface area (Å²) in [5, 5.41) is 8.45. The average Bonchev–Trinajstić information content (AvgIpc) is 1.89. The number of carbonyl (C=O) groups excluding carboxylic acids is 1. The van der Waals surface area contributed by atoms with Crippen LogP contribution in [0.4, 0.5) is 0 Å². The number of hydrogen-bond donors (Lipinski definition) is 1. The summed E-state index contributed by atoms with van der Waals surface area (Å²) in [7, 11) is 0. The van der Waals surface area contributed by atoms with Crippen LogP contribution >= 0.6 is 0 Å². The van der Waals surface area contributed by atoms with Gasteiger partial charge >= 0.3 is 5.97 Å². The first-order valence-electron chi connectivity index (χ1n) is 3.83. The van der Waals surface area contributed by atoms with Crippen molar-refractivity contribution in [2.75, 3.05) is 13.1 Å². The summed E-state index contributed by atoms with van der Waals surface area (Å²) in [4.78, 5) is 22.9. The molecule has 3 aliphatic heterocycles. The molecular formula is C7H9NO4. The molecule has 2 atom stereocenters. The maximum absolute atomic E-state index is 11.2. The molecule has 3 fully saturated rings. The van der Waals surface area contributed by atoms with Crippen molar-refractivity contribution in [1.29, 1.82) is 0 Å². The molecule has 0 aliphatic carbocycles. The number of ether oxygens (including phenoxy) is 1. The van der Waals surface area contributed by atoms with Gasteiger partial charge in [-0.3, -0.25) is 9.59 Å². The number of rotatable bonds is 2. The zero-order chi connectivity index (χ0) is 8.72. The number of piperidine rings is 1.